The number of hydrogen-bond donors (Lipinski definition) is 3. The van der Waals surface area contributed by atoms with Crippen LogP contribution in [0.3, 0.4) is 0 Å². The van der Waals surface area contributed by atoms with E-state index in [2.05, 4.69) is 5.32 Å². The minimum Gasteiger partial charge on any atom is -0.478 e. The number of hydrogen-bond acceptors (Lipinski definition) is 4. The fourth-order valence-electron chi connectivity index (χ4n) is 2.04. The number of nitrogens with one attached hydrogen (secondary N) is 1. The first-order chi connectivity index (χ1) is 10.5. The molecule has 7 heteroatoms. The maximum Gasteiger partial charge on any atom is 0.328 e. The van der Waals surface area contributed by atoms with Crippen LogP contribution in [0.1, 0.15) is 17.2 Å². The minimum atomic E-state index is -1.26. The molecule has 3 N–H and O–H groups in total. The zero-order chi connectivity index (χ0) is 16.5. The van der Waals surface area contributed by atoms with Crippen LogP contribution in [0, 0.1) is 5.82 Å². The smallest absolute Gasteiger partial charge is 0.328 e. The van der Waals surface area contributed by atoms with Crippen LogP contribution in [0.2, 0.25) is 0 Å². The summed E-state index contributed by atoms with van der Waals surface area (Å²) in [4.78, 5) is 19.1. The average molecular weight is 311 g/mol. The van der Waals surface area contributed by atoms with Gasteiger partial charge in [-0.1, -0.05) is 12.1 Å². The van der Waals surface area contributed by atoms with Crippen LogP contribution in [0.15, 0.2) is 30.4 Å². The van der Waals surface area contributed by atoms with E-state index in [1.807, 2.05) is 13.1 Å². The number of likely N-dealkylation sites (N-methyl/N-ethyl adjacent to an activating group) is 1. The highest BCUT2D eigenvalue weighted by Gasteiger charge is 2.23. The van der Waals surface area contributed by atoms with Gasteiger partial charge in [-0.2, -0.15) is 0 Å². The topological polar surface area (TPSA) is 95.9 Å². The first-order valence-electron chi connectivity index (χ1n) is 6.63. The van der Waals surface area contributed by atoms with Gasteiger partial charge in [0.15, 0.2) is 0 Å². The predicted octanol–water partition coefficient (Wildman–Crippen LogP) is 1.37. The molecule has 1 aromatic rings. The zero-order valence-electron chi connectivity index (χ0n) is 12.1. The van der Waals surface area contributed by atoms with Crippen LogP contribution < -0.4 is 5.32 Å². The Bertz CT molecular complexity index is 543. The summed E-state index contributed by atoms with van der Waals surface area (Å²) in [5.41, 5.74) is 1.81. The van der Waals surface area contributed by atoms with Gasteiger partial charge in [0, 0.05) is 24.3 Å². The first kappa shape index (κ1) is 17.8. The largest absolute Gasteiger partial charge is 0.478 e. The van der Waals surface area contributed by atoms with Gasteiger partial charge in [0.25, 0.3) is 0 Å². The molecule has 0 spiro atoms. The van der Waals surface area contributed by atoms with Gasteiger partial charge in [0.05, 0.1) is 12.7 Å². The van der Waals surface area contributed by atoms with Gasteiger partial charge >= 0.3 is 11.9 Å². The molecule has 0 aromatic heterocycles. The number of rotatable bonds is 4. The van der Waals surface area contributed by atoms with E-state index in [0.717, 1.165) is 17.5 Å². The number of carboxylic acids is 2. The first-order valence-corrected chi connectivity index (χ1v) is 6.63. The number of ether oxygens (including phenoxy) is 1. The Morgan fingerprint density at radius 2 is 2.00 bits per heavy atom. The Kier molecular flexibility index (Phi) is 7.21. The van der Waals surface area contributed by atoms with Gasteiger partial charge < -0.3 is 20.3 Å². The second-order valence-electron chi connectivity index (χ2n) is 4.49. The van der Waals surface area contributed by atoms with Crippen LogP contribution in [0.5, 0.6) is 0 Å². The lowest BCUT2D eigenvalue weighted by Gasteiger charge is -2.26. The Morgan fingerprint density at radius 3 is 2.55 bits per heavy atom. The van der Waals surface area contributed by atoms with Crippen molar-refractivity contribution in [2.45, 2.75) is 12.5 Å². The summed E-state index contributed by atoms with van der Waals surface area (Å²) in [6, 6.07) is 5.23. The molecule has 0 aliphatic carbocycles. The Labute approximate surface area is 127 Å². The fraction of sp³-hybridized carbons (Fsp3) is 0.333. The summed E-state index contributed by atoms with van der Waals surface area (Å²) in [5.74, 6) is -2.66. The summed E-state index contributed by atoms with van der Waals surface area (Å²) in [6.45, 7) is 1.34. The molecule has 0 bridgehead atoms. The SMILES string of the molecule is CNC[C@@H]1OCCc2cccc(F)c21.O=C(O)/C=C/C(=O)O. The van der Waals surface area contributed by atoms with Gasteiger partial charge in [-0.15, -0.1) is 0 Å². The van der Waals surface area contributed by atoms with Crippen molar-refractivity contribution < 1.29 is 28.9 Å². The normalized spacial score (nSPS) is 16.5. The van der Waals surface area contributed by atoms with Gasteiger partial charge in [-0.05, 0) is 25.1 Å². The van der Waals surface area contributed by atoms with Crippen LogP contribution >= 0.6 is 0 Å². The van der Waals surface area contributed by atoms with Crippen LogP contribution in [-0.2, 0) is 20.7 Å². The lowest BCUT2D eigenvalue weighted by atomic mass is 9.97. The molecule has 0 radical (unpaired) electrons. The monoisotopic (exact) mass is 311 g/mol. The molecule has 1 aliphatic rings. The van der Waals surface area contributed by atoms with Crippen LogP contribution in [0.25, 0.3) is 0 Å². The average Bonchev–Trinajstić information content (AvgIpc) is 2.46. The van der Waals surface area contributed by atoms with Crippen molar-refractivity contribution in [1.82, 2.24) is 5.32 Å². The van der Waals surface area contributed by atoms with E-state index in [1.54, 1.807) is 6.07 Å². The van der Waals surface area contributed by atoms with Gasteiger partial charge in [-0.3, -0.25) is 0 Å². The molecule has 6 nitrogen and oxygen atoms in total. The molecule has 2 rings (SSSR count). The van der Waals surface area contributed by atoms with Gasteiger partial charge in [-0.25, -0.2) is 14.0 Å². The second-order valence-corrected chi connectivity index (χ2v) is 4.49. The van der Waals surface area contributed by atoms with E-state index >= 15 is 0 Å². The summed E-state index contributed by atoms with van der Waals surface area (Å²) in [5, 5.41) is 18.6. The number of carbonyl (C=O) groups is 2. The third-order valence-electron chi connectivity index (χ3n) is 2.91. The maximum atomic E-state index is 13.5. The minimum absolute atomic E-state index is 0.134. The van der Waals surface area contributed by atoms with E-state index in [1.165, 1.54) is 6.07 Å². The fourth-order valence-corrected chi connectivity index (χ4v) is 2.04. The van der Waals surface area contributed by atoms with Crippen molar-refractivity contribution in [3.8, 4) is 0 Å². The van der Waals surface area contributed by atoms with Crippen molar-refractivity contribution >= 4 is 11.9 Å². The zero-order valence-corrected chi connectivity index (χ0v) is 12.1. The molecular formula is C15H18FNO5. The molecule has 1 heterocycles. The van der Waals surface area contributed by atoms with Crippen molar-refractivity contribution in [3.05, 3.63) is 47.3 Å². The predicted molar refractivity (Wildman–Crippen MR) is 77.1 cm³/mol. The number of benzene rings is 1. The van der Waals surface area contributed by atoms with Crippen molar-refractivity contribution in [2.75, 3.05) is 20.2 Å². The maximum absolute atomic E-state index is 13.5. The Hall–Kier alpha value is -2.25. The molecule has 0 unspecified atom stereocenters. The van der Waals surface area contributed by atoms with Crippen molar-refractivity contribution in [1.29, 1.82) is 0 Å². The molecule has 22 heavy (non-hydrogen) atoms. The summed E-state index contributed by atoms with van der Waals surface area (Å²) < 4.78 is 19.1. The molecule has 1 aromatic carbocycles. The third-order valence-corrected chi connectivity index (χ3v) is 2.91. The number of aliphatic carboxylic acids is 2. The number of fused-ring (bicyclic) bond motifs is 1. The summed E-state index contributed by atoms with van der Waals surface area (Å²) in [6.07, 6.45) is 1.79. The Morgan fingerprint density at radius 1 is 1.36 bits per heavy atom. The van der Waals surface area contributed by atoms with Crippen molar-refractivity contribution in [3.63, 3.8) is 0 Å². The van der Waals surface area contributed by atoms with Crippen LogP contribution in [0.4, 0.5) is 4.39 Å². The van der Waals surface area contributed by atoms with Crippen molar-refractivity contribution in [2.24, 2.45) is 0 Å². The lowest BCUT2D eigenvalue weighted by molar-refractivity contribution is -0.134. The summed E-state index contributed by atoms with van der Waals surface area (Å²) in [7, 11) is 1.85. The lowest BCUT2D eigenvalue weighted by Crippen LogP contribution is -2.26. The highest BCUT2D eigenvalue weighted by atomic mass is 19.1. The standard InChI is InChI=1S/C11H14FNO.C4H4O4/c1-13-7-10-11-8(5-6-14-10)3-2-4-9(11)12;5-3(6)1-2-4(7)8/h2-4,10,13H,5-7H2,1H3;1-2H,(H,5,6)(H,7,8)/b;2-1+/t10-;/m0./s1. The Balaban J connectivity index is 0.000000261. The molecule has 1 aliphatic heterocycles. The number of carboxylic acid groups (broad SMARTS) is 2. The van der Waals surface area contributed by atoms with E-state index in [9.17, 15) is 14.0 Å². The second kappa shape index (κ2) is 8.91. The molecule has 0 saturated heterocycles. The van der Waals surface area contributed by atoms with E-state index < -0.39 is 11.9 Å². The highest BCUT2D eigenvalue weighted by molar-refractivity contribution is 5.89. The van der Waals surface area contributed by atoms with Gasteiger partial charge in [0.1, 0.15) is 5.82 Å². The quantitative estimate of drug-likeness (QED) is 0.727. The molecule has 0 saturated carbocycles. The third kappa shape index (κ3) is 5.63. The number of halogens is 1. The molecule has 120 valence electrons. The summed E-state index contributed by atoms with van der Waals surface area (Å²) >= 11 is 0. The van der Waals surface area contributed by atoms with E-state index in [-0.39, 0.29) is 11.9 Å². The van der Waals surface area contributed by atoms with Crippen LogP contribution in [-0.4, -0.2) is 42.4 Å². The molecule has 1 atom stereocenters. The molecule has 0 fully saturated rings. The van der Waals surface area contributed by atoms with Gasteiger partial charge in [0.2, 0.25) is 0 Å². The molecular weight excluding hydrogens is 293 g/mol. The van der Waals surface area contributed by atoms with E-state index in [4.69, 9.17) is 14.9 Å². The molecule has 0 amide bonds. The van der Waals surface area contributed by atoms with E-state index in [0.29, 0.717) is 25.3 Å². The highest BCUT2D eigenvalue weighted by Crippen LogP contribution is 2.28.